The van der Waals surface area contributed by atoms with Crippen LogP contribution in [0.25, 0.3) is 0 Å². The summed E-state index contributed by atoms with van der Waals surface area (Å²) in [6, 6.07) is 8.45. The van der Waals surface area contributed by atoms with Crippen LogP contribution in [0.3, 0.4) is 0 Å². The molecule has 8 heteroatoms. The maximum atomic E-state index is 12.2. The summed E-state index contributed by atoms with van der Waals surface area (Å²) >= 11 is 5.67. The zero-order chi connectivity index (χ0) is 17.8. The summed E-state index contributed by atoms with van der Waals surface area (Å²) in [7, 11) is 1.67. The van der Waals surface area contributed by atoms with Crippen molar-refractivity contribution in [1.82, 2.24) is 10.2 Å². The van der Waals surface area contributed by atoms with Gasteiger partial charge >= 0.3 is 5.97 Å². The molecular formula is C17H16ClN3O4. The summed E-state index contributed by atoms with van der Waals surface area (Å²) < 4.78 is 10.5. The molecule has 2 heterocycles. The Labute approximate surface area is 149 Å². The summed E-state index contributed by atoms with van der Waals surface area (Å²) in [5, 5.41) is 7.84. The van der Waals surface area contributed by atoms with Crippen molar-refractivity contribution in [2.75, 3.05) is 31.7 Å². The molecule has 0 radical (unpaired) electrons. The number of carbonyl (C=O) groups is 2. The number of Topliss-reactive ketones (excluding diaryl/α,β-unsaturated/α-hetero) is 1. The highest BCUT2D eigenvalue weighted by Gasteiger charge is 2.17. The Hall–Kier alpha value is -2.67. The van der Waals surface area contributed by atoms with Crippen LogP contribution in [-0.2, 0) is 16.0 Å². The van der Waals surface area contributed by atoms with E-state index in [0.29, 0.717) is 18.0 Å². The first-order chi connectivity index (χ1) is 12.0. The van der Waals surface area contributed by atoms with Crippen molar-refractivity contribution in [3.05, 3.63) is 46.6 Å². The quantitative estimate of drug-likeness (QED) is 0.574. The zero-order valence-corrected chi connectivity index (χ0v) is 14.3. The third-order valence-corrected chi connectivity index (χ3v) is 3.95. The van der Waals surface area contributed by atoms with E-state index in [1.807, 2.05) is 0 Å². The Balaban J connectivity index is 1.51. The van der Waals surface area contributed by atoms with Gasteiger partial charge in [0.05, 0.1) is 6.61 Å². The minimum atomic E-state index is -0.530. The fourth-order valence-corrected chi connectivity index (χ4v) is 2.52. The number of fused-ring (bicyclic) bond motifs is 1. The number of anilines is 1. The van der Waals surface area contributed by atoms with Crippen molar-refractivity contribution >= 4 is 29.2 Å². The molecule has 7 nitrogen and oxygen atoms in total. The largest absolute Gasteiger partial charge is 0.493 e. The maximum absolute atomic E-state index is 12.2. The number of nitrogens with zero attached hydrogens (tertiary/aromatic N) is 3. The molecular weight excluding hydrogens is 346 g/mol. The summed E-state index contributed by atoms with van der Waals surface area (Å²) in [6.07, 6.45) is 0.781. The predicted octanol–water partition coefficient (Wildman–Crippen LogP) is 1.93. The van der Waals surface area contributed by atoms with E-state index >= 15 is 0 Å². The zero-order valence-electron chi connectivity index (χ0n) is 13.6. The Morgan fingerprint density at radius 3 is 2.88 bits per heavy atom. The Bertz CT molecular complexity index is 795. The summed E-state index contributed by atoms with van der Waals surface area (Å²) in [4.78, 5) is 25.6. The summed E-state index contributed by atoms with van der Waals surface area (Å²) in [5.41, 5.74) is 1.51. The van der Waals surface area contributed by atoms with Crippen LogP contribution in [0.2, 0.25) is 5.15 Å². The number of halogens is 1. The van der Waals surface area contributed by atoms with Crippen molar-refractivity contribution in [3.63, 3.8) is 0 Å². The molecule has 0 aliphatic carbocycles. The fourth-order valence-electron chi connectivity index (χ4n) is 2.42. The van der Waals surface area contributed by atoms with Gasteiger partial charge in [-0.15, -0.1) is 10.2 Å². The monoisotopic (exact) mass is 361 g/mol. The van der Waals surface area contributed by atoms with Gasteiger partial charge in [-0.05, 0) is 35.9 Å². The fraction of sp³-hybridized carbons (Fsp3) is 0.294. The Morgan fingerprint density at radius 1 is 1.28 bits per heavy atom. The predicted molar refractivity (Wildman–Crippen MR) is 91.2 cm³/mol. The van der Waals surface area contributed by atoms with Gasteiger partial charge < -0.3 is 14.4 Å². The minimum absolute atomic E-state index is 0.0539. The number of hydrogen-bond donors (Lipinski definition) is 0. The lowest BCUT2D eigenvalue weighted by atomic mass is 10.1. The number of ketones is 1. The highest BCUT2D eigenvalue weighted by Crippen LogP contribution is 2.26. The van der Waals surface area contributed by atoms with E-state index in [1.54, 1.807) is 42.3 Å². The van der Waals surface area contributed by atoms with Crippen molar-refractivity contribution in [1.29, 1.82) is 0 Å². The number of aromatic nitrogens is 2. The van der Waals surface area contributed by atoms with Gasteiger partial charge in [0.25, 0.3) is 0 Å². The van der Waals surface area contributed by atoms with Gasteiger partial charge in [0, 0.05) is 19.0 Å². The summed E-state index contributed by atoms with van der Waals surface area (Å²) in [5.74, 6) is 0.500. The SMILES string of the molecule is CN(CC(=O)OCC(=O)c1ccc2c(c1)CCO2)c1ccc(Cl)nn1. The van der Waals surface area contributed by atoms with Gasteiger partial charge in [0.1, 0.15) is 12.3 Å². The Kier molecular flexibility index (Phi) is 5.14. The second kappa shape index (κ2) is 7.48. The van der Waals surface area contributed by atoms with E-state index in [9.17, 15) is 9.59 Å². The van der Waals surface area contributed by atoms with Gasteiger partial charge in [0.2, 0.25) is 0 Å². The van der Waals surface area contributed by atoms with E-state index in [2.05, 4.69) is 10.2 Å². The molecule has 0 bridgehead atoms. The average Bonchev–Trinajstić information content (AvgIpc) is 3.07. The van der Waals surface area contributed by atoms with Crippen LogP contribution in [0.5, 0.6) is 5.75 Å². The van der Waals surface area contributed by atoms with Crippen molar-refractivity contribution in [2.45, 2.75) is 6.42 Å². The van der Waals surface area contributed by atoms with Gasteiger partial charge in [-0.2, -0.15) is 0 Å². The molecule has 2 aromatic rings. The number of rotatable bonds is 6. The molecule has 1 aliphatic heterocycles. The topological polar surface area (TPSA) is 81.6 Å². The molecule has 0 amide bonds. The molecule has 0 fully saturated rings. The van der Waals surface area contributed by atoms with E-state index in [4.69, 9.17) is 21.1 Å². The van der Waals surface area contributed by atoms with Gasteiger partial charge in [-0.1, -0.05) is 11.6 Å². The van der Waals surface area contributed by atoms with Crippen LogP contribution < -0.4 is 9.64 Å². The first kappa shape index (κ1) is 17.2. The Morgan fingerprint density at radius 2 is 2.12 bits per heavy atom. The first-order valence-electron chi connectivity index (χ1n) is 7.68. The minimum Gasteiger partial charge on any atom is -0.493 e. The molecule has 130 valence electrons. The third-order valence-electron chi connectivity index (χ3n) is 3.75. The molecule has 0 N–H and O–H groups in total. The lowest BCUT2D eigenvalue weighted by molar-refractivity contribution is -0.140. The molecule has 0 saturated heterocycles. The number of hydrogen-bond acceptors (Lipinski definition) is 7. The number of carbonyl (C=O) groups excluding carboxylic acids is 2. The smallest absolute Gasteiger partial charge is 0.326 e. The van der Waals surface area contributed by atoms with Gasteiger partial charge in [-0.3, -0.25) is 9.59 Å². The van der Waals surface area contributed by atoms with Crippen LogP contribution in [0, 0.1) is 0 Å². The van der Waals surface area contributed by atoms with Crippen LogP contribution in [-0.4, -0.2) is 48.8 Å². The second-order valence-corrected chi connectivity index (χ2v) is 5.96. The molecule has 1 aliphatic rings. The van der Waals surface area contributed by atoms with Crippen molar-refractivity contribution in [2.24, 2.45) is 0 Å². The van der Waals surface area contributed by atoms with E-state index in [1.165, 1.54) is 0 Å². The van der Waals surface area contributed by atoms with Crippen LogP contribution in [0.1, 0.15) is 15.9 Å². The molecule has 25 heavy (non-hydrogen) atoms. The maximum Gasteiger partial charge on any atom is 0.326 e. The number of ether oxygens (including phenoxy) is 2. The summed E-state index contributed by atoms with van der Waals surface area (Å²) in [6.45, 7) is 0.266. The standard InChI is InChI=1S/C17H16ClN3O4/c1-21(16-5-4-15(18)19-20-16)9-17(23)25-10-13(22)11-2-3-14-12(8-11)6-7-24-14/h2-5,8H,6-7,9-10H2,1H3. The highest BCUT2D eigenvalue weighted by atomic mass is 35.5. The third kappa shape index (κ3) is 4.24. The van der Waals surface area contributed by atoms with E-state index in [0.717, 1.165) is 17.7 Å². The second-order valence-electron chi connectivity index (χ2n) is 5.58. The van der Waals surface area contributed by atoms with Crippen molar-refractivity contribution in [3.8, 4) is 5.75 Å². The molecule has 0 saturated carbocycles. The van der Waals surface area contributed by atoms with Crippen LogP contribution in [0.15, 0.2) is 30.3 Å². The molecule has 3 rings (SSSR count). The molecule has 0 unspecified atom stereocenters. The molecule has 0 atom stereocenters. The van der Waals surface area contributed by atoms with Crippen LogP contribution in [0.4, 0.5) is 5.82 Å². The van der Waals surface area contributed by atoms with Gasteiger partial charge in [0.15, 0.2) is 23.4 Å². The van der Waals surface area contributed by atoms with Gasteiger partial charge in [-0.25, -0.2) is 0 Å². The lowest BCUT2D eigenvalue weighted by Gasteiger charge is -2.16. The molecule has 1 aromatic heterocycles. The highest BCUT2D eigenvalue weighted by molar-refractivity contribution is 6.29. The number of esters is 1. The first-order valence-corrected chi connectivity index (χ1v) is 8.05. The van der Waals surface area contributed by atoms with Crippen LogP contribution >= 0.6 is 11.6 Å². The van der Waals surface area contributed by atoms with E-state index < -0.39 is 5.97 Å². The average molecular weight is 362 g/mol. The van der Waals surface area contributed by atoms with Crippen molar-refractivity contribution < 1.29 is 19.1 Å². The number of benzene rings is 1. The number of likely N-dealkylation sites (N-methyl/N-ethyl adjacent to an activating group) is 1. The van der Waals surface area contributed by atoms with E-state index in [-0.39, 0.29) is 24.1 Å². The molecule has 1 aromatic carbocycles. The molecule has 0 spiro atoms. The normalized spacial score (nSPS) is 12.2. The lowest BCUT2D eigenvalue weighted by Crippen LogP contribution is -2.29.